The van der Waals surface area contributed by atoms with Crippen molar-refractivity contribution < 1.29 is 9.84 Å². The summed E-state index contributed by atoms with van der Waals surface area (Å²) in [7, 11) is 0. The predicted molar refractivity (Wildman–Crippen MR) is 57.7 cm³/mol. The van der Waals surface area contributed by atoms with Crippen molar-refractivity contribution in [3.63, 3.8) is 0 Å². The molecule has 0 saturated carbocycles. The lowest BCUT2D eigenvalue weighted by atomic mass is 10.1. The predicted octanol–water partition coefficient (Wildman–Crippen LogP) is -0.259. The van der Waals surface area contributed by atoms with Crippen molar-refractivity contribution in [2.75, 3.05) is 12.3 Å². The summed E-state index contributed by atoms with van der Waals surface area (Å²) >= 11 is 0. The molecule has 1 saturated heterocycles. The number of ether oxygens (including phenoxy) is 1. The zero-order valence-corrected chi connectivity index (χ0v) is 9.04. The maximum Gasteiger partial charge on any atom is 0.351 e. The lowest BCUT2D eigenvalue weighted by Gasteiger charge is -2.17. The van der Waals surface area contributed by atoms with Crippen molar-refractivity contribution in [1.82, 2.24) is 9.55 Å². The van der Waals surface area contributed by atoms with E-state index in [0.717, 1.165) is 6.42 Å². The monoisotopic (exact) mass is 225 g/mol. The van der Waals surface area contributed by atoms with Gasteiger partial charge in [-0.25, -0.2) is 4.79 Å². The van der Waals surface area contributed by atoms with Crippen molar-refractivity contribution in [3.8, 4) is 0 Å². The summed E-state index contributed by atoms with van der Waals surface area (Å²) in [5.74, 6) is 0.367. The molecule has 2 heterocycles. The Morgan fingerprint density at radius 1 is 1.75 bits per heavy atom. The Kier molecular flexibility index (Phi) is 2.93. The van der Waals surface area contributed by atoms with Crippen molar-refractivity contribution >= 4 is 5.82 Å². The van der Waals surface area contributed by atoms with Gasteiger partial charge in [0.2, 0.25) is 0 Å². The third-order valence-electron chi connectivity index (χ3n) is 2.78. The topological polar surface area (TPSA) is 90.4 Å². The van der Waals surface area contributed by atoms with E-state index in [-0.39, 0.29) is 30.7 Å². The van der Waals surface area contributed by atoms with Gasteiger partial charge in [-0.1, -0.05) is 6.92 Å². The molecule has 3 N–H and O–H groups in total. The fourth-order valence-corrected chi connectivity index (χ4v) is 1.99. The van der Waals surface area contributed by atoms with Crippen LogP contribution in [0.4, 0.5) is 5.82 Å². The van der Waals surface area contributed by atoms with E-state index in [1.54, 1.807) is 12.3 Å². The molecule has 6 heteroatoms. The molecule has 0 aliphatic carbocycles. The molecule has 1 aromatic rings. The van der Waals surface area contributed by atoms with Crippen LogP contribution >= 0.6 is 0 Å². The summed E-state index contributed by atoms with van der Waals surface area (Å²) < 4.78 is 6.98. The number of anilines is 1. The molecule has 0 spiro atoms. The summed E-state index contributed by atoms with van der Waals surface area (Å²) in [5, 5.41) is 9.01. The Labute approximate surface area is 92.7 Å². The zero-order valence-electron chi connectivity index (χ0n) is 9.04. The lowest BCUT2D eigenvalue weighted by molar-refractivity contribution is -0.0335. The van der Waals surface area contributed by atoms with E-state index in [1.807, 2.05) is 6.92 Å². The second kappa shape index (κ2) is 4.23. The SMILES string of the molecule is C[C@@H]1C[C@@H](CO)O[C@H]1n1ccc(N)nc1=O. The largest absolute Gasteiger partial charge is 0.394 e. The van der Waals surface area contributed by atoms with Gasteiger partial charge in [0, 0.05) is 12.1 Å². The van der Waals surface area contributed by atoms with Crippen LogP contribution in [0.2, 0.25) is 0 Å². The quantitative estimate of drug-likeness (QED) is 0.723. The molecule has 16 heavy (non-hydrogen) atoms. The molecule has 0 bridgehead atoms. The number of rotatable bonds is 2. The molecule has 1 aromatic heterocycles. The van der Waals surface area contributed by atoms with E-state index in [9.17, 15) is 4.79 Å². The molecule has 0 amide bonds. The van der Waals surface area contributed by atoms with Gasteiger partial charge < -0.3 is 15.6 Å². The van der Waals surface area contributed by atoms with Crippen LogP contribution in [0.15, 0.2) is 17.1 Å². The summed E-state index contributed by atoms with van der Waals surface area (Å²) in [5.41, 5.74) is 4.99. The van der Waals surface area contributed by atoms with E-state index >= 15 is 0 Å². The van der Waals surface area contributed by atoms with Gasteiger partial charge in [-0.15, -0.1) is 0 Å². The third-order valence-corrected chi connectivity index (χ3v) is 2.78. The third kappa shape index (κ3) is 1.94. The molecular weight excluding hydrogens is 210 g/mol. The highest BCUT2D eigenvalue weighted by molar-refractivity contribution is 5.23. The number of aliphatic hydroxyl groups is 1. The second-order valence-corrected chi connectivity index (χ2v) is 4.09. The molecule has 6 nitrogen and oxygen atoms in total. The molecular formula is C10H15N3O3. The summed E-state index contributed by atoms with van der Waals surface area (Å²) in [6, 6.07) is 1.56. The first kappa shape index (κ1) is 11.1. The van der Waals surface area contributed by atoms with Crippen molar-refractivity contribution in [3.05, 3.63) is 22.7 Å². The van der Waals surface area contributed by atoms with Crippen LogP contribution in [0.3, 0.4) is 0 Å². The Bertz CT molecular complexity index is 432. The van der Waals surface area contributed by atoms with E-state index in [1.165, 1.54) is 4.57 Å². The Hall–Kier alpha value is -1.40. The van der Waals surface area contributed by atoms with Crippen LogP contribution < -0.4 is 11.4 Å². The molecule has 3 atom stereocenters. The average Bonchev–Trinajstić information content (AvgIpc) is 2.60. The van der Waals surface area contributed by atoms with Crippen LogP contribution in [-0.2, 0) is 4.74 Å². The lowest BCUT2D eigenvalue weighted by Crippen LogP contribution is -2.29. The molecule has 2 rings (SSSR count). The minimum Gasteiger partial charge on any atom is -0.394 e. The van der Waals surface area contributed by atoms with Crippen LogP contribution in [-0.4, -0.2) is 27.4 Å². The van der Waals surface area contributed by atoms with Crippen LogP contribution in [0.25, 0.3) is 0 Å². The fraction of sp³-hybridized carbons (Fsp3) is 0.600. The first-order valence-electron chi connectivity index (χ1n) is 5.23. The summed E-state index contributed by atoms with van der Waals surface area (Å²) in [4.78, 5) is 15.2. The number of hydrogen-bond donors (Lipinski definition) is 2. The minimum atomic E-state index is -0.421. The molecule has 88 valence electrons. The molecule has 1 fully saturated rings. The van der Waals surface area contributed by atoms with Crippen molar-refractivity contribution in [2.45, 2.75) is 25.7 Å². The first-order chi connectivity index (χ1) is 7.61. The highest BCUT2D eigenvalue weighted by Crippen LogP contribution is 2.32. The van der Waals surface area contributed by atoms with Crippen molar-refractivity contribution in [2.24, 2.45) is 5.92 Å². The molecule has 0 aromatic carbocycles. The van der Waals surface area contributed by atoms with Gasteiger partial charge in [0.05, 0.1) is 12.7 Å². The van der Waals surface area contributed by atoms with Gasteiger partial charge >= 0.3 is 5.69 Å². The highest BCUT2D eigenvalue weighted by atomic mass is 16.5. The second-order valence-electron chi connectivity index (χ2n) is 4.09. The number of nitrogen functional groups attached to an aromatic ring is 1. The molecule has 1 aliphatic rings. The maximum atomic E-state index is 11.6. The van der Waals surface area contributed by atoms with E-state index in [0.29, 0.717) is 0 Å². The van der Waals surface area contributed by atoms with E-state index in [4.69, 9.17) is 15.6 Å². The first-order valence-corrected chi connectivity index (χ1v) is 5.23. The minimum absolute atomic E-state index is 0.0298. The molecule has 1 aliphatic heterocycles. The van der Waals surface area contributed by atoms with Gasteiger partial charge in [-0.3, -0.25) is 4.57 Å². The summed E-state index contributed by atoms with van der Waals surface area (Å²) in [6.45, 7) is 1.95. The van der Waals surface area contributed by atoms with E-state index in [2.05, 4.69) is 4.98 Å². The molecule has 0 radical (unpaired) electrons. The van der Waals surface area contributed by atoms with Crippen LogP contribution in [0, 0.1) is 5.92 Å². The standard InChI is InChI=1S/C10H15N3O3/c1-6-4-7(5-14)16-9(6)13-3-2-8(11)12-10(13)15/h2-3,6-7,9,14H,4-5H2,1H3,(H2,11,12,15)/t6-,7+,9-/m1/s1. The molecule has 0 unspecified atom stereocenters. The Morgan fingerprint density at radius 2 is 2.50 bits per heavy atom. The normalized spacial score (nSPS) is 29.5. The number of hydrogen-bond acceptors (Lipinski definition) is 5. The van der Waals surface area contributed by atoms with Gasteiger partial charge in [-0.05, 0) is 12.5 Å². The Morgan fingerprint density at radius 3 is 3.06 bits per heavy atom. The van der Waals surface area contributed by atoms with Crippen LogP contribution in [0.1, 0.15) is 19.6 Å². The van der Waals surface area contributed by atoms with Gasteiger partial charge in [0.1, 0.15) is 12.0 Å². The maximum absolute atomic E-state index is 11.6. The number of aliphatic hydroxyl groups excluding tert-OH is 1. The Balaban J connectivity index is 2.28. The van der Waals surface area contributed by atoms with Gasteiger partial charge in [0.15, 0.2) is 0 Å². The smallest absolute Gasteiger partial charge is 0.351 e. The number of nitrogens with two attached hydrogens (primary N) is 1. The van der Waals surface area contributed by atoms with Crippen molar-refractivity contribution in [1.29, 1.82) is 0 Å². The highest BCUT2D eigenvalue weighted by Gasteiger charge is 2.33. The van der Waals surface area contributed by atoms with Gasteiger partial charge in [-0.2, -0.15) is 4.98 Å². The zero-order chi connectivity index (χ0) is 11.7. The fourth-order valence-electron chi connectivity index (χ4n) is 1.99. The summed E-state index contributed by atoms with van der Waals surface area (Å²) in [6.07, 6.45) is 1.74. The average molecular weight is 225 g/mol. The van der Waals surface area contributed by atoms with E-state index < -0.39 is 5.69 Å². The van der Waals surface area contributed by atoms with Gasteiger partial charge in [0.25, 0.3) is 0 Å². The van der Waals surface area contributed by atoms with Crippen LogP contribution in [0.5, 0.6) is 0 Å². The number of aromatic nitrogens is 2. The number of nitrogens with zero attached hydrogens (tertiary/aromatic N) is 2.